The monoisotopic (exact) mass is 445 g/mol. The highest BCUT2D eigenvalue weighted by molar-refractivity contribution is 7.92. The van der Waals surface area contributed by atoms with E-state index >= 15 is 0 Å². The molecule has 2 aromatic rings. The lowest BCUT2D eigenvalue weighted by Crippen LogP contribution is -2.48. The molecule has 0 bridgehead atoms. The number of benzene rings is 1. The van der Waals surface area contributed by atoms with Crippen molar-refractivity contribution < 1.29 is 17.6 Å². The zero-order chi connectivity index (χ0) is 22.0. The fourth-order valence-electron chi connectivity index (χ4n) is 3.86. The number of piperazine rings is 1. The summed E-state index contributed by atoms with van der Waals surface area (Å²) in [7, 11) is -1.31. The number of anilines is 1. The molecule has 0 spiro atoms. The molecule has 1 N–H and O–H groups in total. The molecular formula is C21H27N5O4S. The second kappa shape index (κ2) is 8.81. The van der Waals surface area contributed by atoms with E-state index in [-0.39, 0.29) is 11.9 Å². The van der Waals surface area contributed by atoms with E-state index in [2.05, 4.69) is 26.7 Å². The van der Waals surface area contributed by atoms with Crippen LogP contribution in [0.3, 0.4) is 0 Å². The summed E-state index contributed by atoms with van der Waals surface area (Å²) < 4.78 is 31.2. The third-order valence-corrected chi connectivity index (χ3v) is 6.10. The predicted molar refractivity (Wildman–Crippen MR) is 118 cm³/mol. The third-order valence-electron chi connectivity index (χ3n) is 5.49. The Bertz CT molecular complexity index is 1060. The van der Waals surface area contributed by atoms with Gasteiger partial charge in [0.1, 0.15) is 11.8 Å². The Kier molecular flexibility index (Phi) is 6.12. The van der Waals surface area contributed by atoms with Crippen molar-refractivity contribution in [1.29, 1.82) is 0 Å². The van der Waals surface area contributed by atoms with Gasteiger partial charge in [0, 0.05) is 38.3 Å². The maximum absolute atomic E-state index is 13.2. The van der Waals surface area contributed by atoms with Crippen LogP contribution in [-0.4, -0.2) is 80.9 Å². The molecule has 1 fully saturated rings. The molecule has 31 heavy (non-hydrogen) atoms. The summed E-state index contributed by atoms with van der Waals surface area (Å²) in [4.78, 5) is 17.6. The minimum atomic E-state index is -3.39. The number of hydrogen-bond donors (Lipinski definition) is 1. The van der Waals surface area contributed by atoms with E-state index in [4.69, 9.17) is 4.42 Å². The number of nitrogens with zero attached hydrogens (tertiary/aromatic N) is 4. The maximum Gasteiger partial charge on any atom is 0.257 e. The van der Waals surface area contributed by atoms with Gasteiger partial charge in [-0.05, 0) is 36.9 Å². The van der Waals surface area contributed by atoms with Crippen LogP contribution < -0.4 is 4.72 Å². The number of likely N-dealkylation sites (N-methyl/N-ethyl adjacent to an activating group) is 1. The van der Waals surface area contributed by atoms with Gasteiger partial charge in [-0.1, -0.05) is 12.1 Å². The van der Waals surface area contributed by atoms with Crippen LogP contribution in [0.2, 0.25) is 0 Å². The lowest BCUT2D eigenvalue weighted by molar-refractivity contribution is -0.135. The van der Waals surface area contributed by atoms with Crippen LogP contribution in [0.25, 0.3) is 0 Å². The third kappa shape index (κ3) is 5.33. The number of sulfonamides is 1. The van der Waals surface area contributed by atoms with Gasteiger partial charge in [-0.2, -0.15) is 5.10 Å². The van der Waals surface area contributed by atoms with Gasteiger partial charge in [-0.15, -0.1) is 0 Å². The number of furan rings is 1. The lowest BCUT2D eigenvalue weighted by Gasteiger charge is -2.32. The van der Waals surface area contributed by atoms with Crippen molar-refractivity contribution in [2.45, 2.75) is 12.5 Å². The molecule has 0 aliphatic carbocycles. The Morgan fingerprint density at radius 2 is 1.97 bits per heavy atom. The van der Waals surface area contributed by atoms with Crippen LogP contribution >= 0.6 is 0 Å². The first-order valence-electron chi connectivity index (χ1n) is 10.2. The van der Waals surface area contributed by atoms with E-state index in [1.165, 1.54) is 5.01 Å². The minimum Gasteiger partial charge on any atom is -0.467 e. The average Bonchev–Trinajstić information content (AvgIpc) is 3.38. The normalized spacial score (nSPS) is 20.6. The van der Waals surface area contributed by atoms with Crippen molar-refractivity contribution in [3.05, 3.63) is 54.0 Å². The van der Waals surface area contributed by atoms with Crippen molar-refractivity contribution in [1.82, 2.24) is 14.8 Å². The van der Waals surface area contributed by atoms with Crippen LogP contribution in [0, 0.1) is 0 Å². The molecule has 10 heteroatoms. The molecule has 9 nitrogen and oxygen atoms in total. The highest BCUT2D eigenvalue weighted by Gasteiger charge is 2.35. The summed E-state index contributed by atoms with van der Waals surface area (Å²) >= 11 is 0. The molecule has 1 amide bonds. The first-order valence-corrected chi connectivity index (χ1v) is 12.1. The molecular weight excluding hydrogens is 418 g/mol. The van der Waals surface area contributed by atoms with Crippen molar-refractivity contribution in [3.63, 3.8) is 0 Å². The van der Waals surface area contributed by atoms with Gasteiger partial charge < -0.3 is 9.32 Å². The summed E-state index contributed by atoms with van der Waals surface area (Å²) in [5.41, 5.74) is 1.94. The van der Waals surface area contributed by atoms with Gasteiger partial charge in [0.05, 0.1) is 24.8 Å². The van der Waals surface area contributed by atoms with E-state index < -0.39 is 10.0 Å². The lowest BCUT2D eigenvalue weighted by atomic mass is 10.0. The Hall–Kier alpha value is -2.69. The zero-order valence-corrected chi connectivity index (χ0v) is 18.5. The van der Waals surface area contributed by atoms with Crippen LogP contribution in [0.4, 0.5) is 5.69 Å². The zero-order valence-electron chi connectivity index (χ0n) is 17.7. The van der Waals surface area contributed by atoms with Gasteiger partial charge in [0.25, 0.3) is 5.91 Å². The van der Waals surface area contributed by atoms with Crippen molar-refractivity contribution in [2.75, 3.05) is 50.7 Å². The molecule has 2 aliphatic heterocycles. The topological polar surface area (TPSA) is 98.5 Å². The standard InChI is InChI=1S/C21H27N5O4S/c1-24-8-10-25(11-9-24)15-21(27)26-19(20-7-4-12-30-20)14-18(22-26)16-5-3-6-17(13-16)23-31(2,28)29/h3-7,12-13,19,23H,8-11,14-15H2,1-2H3. The molecule has 166 valence electrons. The molecule has 0 radical (unpaired) electrons. The summed E-state index contributed by atoms with van der Waals surface area (Å²) in [5.74, 6) is 0.599. The van der Waals surface area contributed by atoms with Crippen LogP contribution in [-0.2, 0) is 14.8 Å². The maximum atomic E-state index is 13.2. The van der Waals surface area contributed by atoms with E-state index in [9.17, 15) is 13.2 Å². The van der Waals surface area contributed by atoms with Crippen molar-refractivity contribution in [2.24, 2.45) is 5.10 Å². The minimum absolute atomic E-state index is 0.0774. The molecule has 4 rings (SSSR count). The second-order valence-corrected chi connectivity index (χ2v) is 9.80. The molecule has 2 aliphatic rings. The molecule has 1 aromatic carbocycles. The summed E-state index contributed by atoms with van der Waals surface area (Å²) in [6.07, 6.45) is 3.19. The van der Waals surface area contributed by atoms with Crippen LogP contribution in [0.1, 0.15) is 23.8 Å². The smallest absolute Gasteiger partial charge is 0.257 e. The molecule has 3 heterocycles. The molecule has 1 aromatic heterocycles. The number of carbonyl (C=O) groups excluding carboxylic acids is 1. The van der Waals surface area contributed by atoms with Gasteiger partial charge in [-0.3, -0.25) is 14.4 Å². The number of rotatable bonds is 6. The highest BCUT2D eigenvalue weighted by Crippen LogP contribution is 2.33. The predicted octanol–water partition coefficient (Wildman–Crippen LogP) is 1.58. The summed E-state index contributed by atoms with van der Waals surface area (Å²) in [6, 6.07) is 10.4. The number of nitrogens with one attached hydrogen (secondary N) is 1. The summed E-state index contributed by atoms with van der Waals surface area (Å²) in [6.45, 7) is 3.86. The van der Waals surface area contributed by atoms with E-state index in [1.54, 1.807) is 30.5 Å². The Balaban J connectivity index is 1.56. The quantitative estimate of drug-likeness (QED) is 0.725. The first-order chi connectivity index (χ1) is 14.8. The van der Waals surface area contributed by atoms with Gasteiger partial charge >= 0.3 is 0 Å². The number of hydrogen-bond acceptors (Lipinski definition) is 7. The molecule has 1 saturated heterocycles. The van der Waals surface area contributed by atoms with E-state index in [0.717, 1.165) is 38.0 Å². The molecule has 1 unspecified atom stereocenters. The van der Waals surface area contributed by atoms with Crippen molar-refractivity contribution in [3.8, 4) is 0 Å². The fourth-order valence-corrected chi connectivity index (χ4v) is 4.42. The van der Waals surface area contributed by atoms with Gasteiger partial charge in [0.2, 0.25) is 10.0 Å². The van der Waals surface area contributed by atoms with E-state index in [0.29, 0.717) is 30.1 Å². The fraction of sp³-hybridized carbons (Fsp3) is 0.429. The largest absolute Gasteiger partial charge is 0.467 e. The van der Waals surface area contributed by atoms with Crippen LogP contribution in [0.15, 0.2) is 52.2 Å². The number of carbonyl (C=O) groups is 1. The van der Waals surface area contributed by atoms with E-state index in [1.807, 2.05) is 12.1 Å². The van der Waals surface area contributed by atoms with Crippen LogP contribution in [0.5, 0.6) is 0 Å². The number of hydrazone groups is 1. The number of amides is 1. The molecule has 0 saturated carbocycles. The Morgan fingerprint density at radius 3 is 2.65 bits per heavy atom. The van der Waals surface area contributed by atoms with Crippen molar-refractivity contribution >= 4 is 27.3 Å². The first kappa shape index (κ1) is 21.5. The van der Waals surface area contributed by atoms with Gasteiger partial charge in [-0.25, -0.2) is 13.4 Å². The molecule has 1 atom stereocenters. The second-order valence-electron chi connectivity index (χ2n) is 8.05. The Labute approximate surface area is 182 Å². The van der Waals surface area contributed by atoms with Gasteiger partial charge in [0.15, 0.2) is 0 Å². The SMILES string of the molecule is CN1CCN(CC(=O)N2N=C(c3cccc(NS(C)(=O)=O)c3)CC2c2ccco2)CC1. The average molecular weight is 446 g/mol. The summed E-state index contributed by atoms with van der Waals surface area (Å²) in [5, 5.41) is 6.16. The Morgan fingerprint density at radius 1 is 1.19 bits per heavy atom. The highest BCUT2D eigenvalue weighted by atomic mass is 32.2.